The number of nitrogens with zero attached hydrogens (tertiary/aromatic N) is 7. The van der Waals surface area contributed by atoms with Gasteiger partial charge in [0.05, 0.1) is 16.7 Å². The van der Waals surface area contributed by atoms with Crippen molar-refractivity contribution in [2.75, 3.05) is 18.2 Å². The van der Waals surface area contributed by atoms with Crippen LogP contribution in [0.25, 0.3) is 22.2 Å². The number of anilines is 2. The van der Waals surface area contributed by atoms with Crippen molar-refractivity contribution in [1.82, 2.24) is 29.9 Å². The van der Waals surface area contributed by atoms with Crippen molar-refractivity contribution >= 4 is 41.4 Å². The summed E-state index contributed by atoms with van der Waals surface area (Å²) in [5.41, 5.74) is 4.21. The second-order valence-corrected chi connectivity index (χ2v) is 16.6. The minimum Gasteiger partial charge on any atom is -0.361 e. The Labute approximate surface area is 206 Å². The highest BCUT2D eigenvalue weighted by molar-refractivity contribution is 7.15. The summed E-state index contributed by atoms with van der Waals surface area (Å²) in [5, 5.41) is 14.9. The Hall–Kier alpha value is -2.69. The molecule has 0 saturated carbocycles. The molecule has 0 spiro atoms. The van der Waals surface area contributed by atoms with E-state index in [0.717, 1.165) is 44.2 Å². The van der Waals surface area contributed by atoms with Crippen molar-refractivity contribution in [2.24, 2.45) is 7.05 Å². The second kappa shape index (κ2) is 9.89. The van der Waals surface area contributed by atoms with Crippen LogP contribution in [0.5, 0.6) is 0 Å². The predicted molar refractivity (Wildman–Crippen MR) is 141 cm³/mol. The summed E-state index contributed by atoms with van der Waals surface area (Å²) in [6.07, 6.45) is 3.79. The first-order valence-corrected chi connectivity index (χ1v) is 15.9. The molecule has 0 aliphatic rings. The van der Waals surface area contributed by atoms with Crippen molar-refractivity contribution in [2.45, 2.75) is 45.5 Å². The van der Waals surface area contributed by atoms with E-state index in [2.05, 4.69) is 60.7 Å². The Bertz CT molecular complexity index is 1280. The summed E-state index contributed by atoms with van der Waals surface area (Å²) in [6, 6.07) is 7.08. The second-order valence-electron chi connectivity index (χ2n) is 9.95. The van der Waals surface area contributed by atoms with Crippen molar-refractivity contribution < 1.29 is 4.74 Å². The lowest BCUT2D eigenvalue weighted by Gasteiger charge is -2.22. The molecule has 0 saturated heterocycles. The fourth-order valence-electron chi connectivity index (χ4n) is 3.39. The molecule has 179 valence electrons. The average molecular weight is 495 g/mol. The Morgan fingerprint density at radius 1 is 1.18 bits per heavy atom. The molecule has 0 aliphatic heterocycles. The van der Waals surface area contributed by atoms with Crippen molar-refractivity contribution in [3.8, 4) is 11.1 Å². The van der Waals surface area contributed by atoms with Crippen LogP contribution in [-0.2, 0) is 11.8 Å². The van der Waals surface area contributed by atoms with Gasteiger partial charge in [-0.05, 0) is 31.2 Å². The van der Waals surface area contributed by atoms with Crippen LogP contribution in [0, 0.1) is 6.92 Å². The van der Waals surface area contributed by atoms with Gasteiger partial charge in [0.1, 0.15) is 17.6 Å². The molecule has 4 rings (SSSR count). The molecule has 1 radical (unpaired) electrons. The molecule has 0 unspecified atom stereocenters. The maximum absolute atomic E-state index is 6.10. The molecular formula is C24H32N7OSSi. The maximum Gasteiger partial charge on any atom is 0.215 e. The topological polar surface area (TPSA) is 81.9 Å². The SMILES string of the molecule is [CH2]c1nn(C)cc1-c1cnc2ccc(N(COCC[Si](C)(C)C)c3nnc(C(C)C)s3)nc2c1. The molecule has 4 aromatic heterocycles. The monoisotopic (exact) mass is 494 g/mol. The van der Waals surface area contributed by atoms with Gasteiger partial charge in [0.25, 0.3) is 0 Å². The van der Waals surface area contributed by atoms with Gasteiger partial charge in [-0.2, -0.15) is 5.10 Å². The minimum absolute atomic E-state index is 0.313. The van der Waals surface area contributed by atoms with Gasteiger partial charge in [0.15, 0.2) is 0 Å². The molecule has 0 aromatic carbocycles. The normalized spacial score (nSPS) is 12.1. The first-order chi connectivity index (χ1) is 16.1. The molecule has 10 heteroatoms. The smallest absolute Gasteiger partial charge is 0.215 e. The van der Waals surface area contributed by atoms with Crippen LogP contribution in [0.2, 0.25) is 25.7 Å². The molecule has 0 amide bonds. The van der Waals surface area contributed by atoms with Crippen LogP contribution in [0.3, 0.4) is 0 Å². The molecule has 0 aliphatic carbocycles. The Balaban J connectivity index is 1.67. The lowest BCUT2D eigenvalue weighted by atomic mass is 10.1. The van der Waals surface area contributed by atoms with Crippen LogP contribution in [0.4, 0.5) is 10.9 Å². The number of hydrogen-bond acceptors (Lipinski definition) is 8. The van der Waals surface area contributed by atoms with Crippen molar-refractivity contribution in [3.05, 3.63) is 48.2 Å². The molecule has 0 atom stereocenters. The summed E-state index contributed by atoms with van der Waals surface area (Å²) in [4.78, 5) is 11.5. The van der Waals surface area contributed by atoms with Gasteiger partial charge in [0, 0.05) is 51.2 Å². The number of pyridine rings is 2. The minimum atomic E-state index is -1.18. The zero-order chi connectivity index (χ0) is 24.5. The summed E-state index contributed by atoms with van der Waals surface area (Å²) in [6.45, 7) is 16.4. The Morgan fingerprint density at radius 3 is 2.62 bits per heavy atom. The number of rotatable bonds is 9. The van der Waals surface area contributed by atoms with E-state index in [1.54, 1.807) is 16.0 Å². The molecule has 34 heavy (non-hydrogen) atoms. The maximum atomic E-state index is 6.10. The van der Waals surface area contributed by atoms with E-state index in [9.17, 15) is 0 Å². The standard InChI is InChI=1S/C24H32N7OSSi/c1-16(2)23-27-28-24(33-23)31(15-32-10-11-34(5,6)7)22-9-8-20-21(26-22)12-18(13-25-20)19-14-30(4)29-17(19)3/h8-9,12-14,16H,3,10-11,15H2,1-2,4-7H3. The van der Waals surface area contributed by atoms with Crippen molar-refractivity contribution in [3.63, 3.8) is 0 Å². The highest BCUT2D eigenvalue weighted by atomic mass is 32.1. The van der Waals surface area contributed by atoms with Crippen LogP contribution in [0.15, 0.2) is 30.6 Å². The van der Waals surface area contributed by atoms with Crippen LogP contribution in [-0.4, -0.2) is 51.4 Å². The third kappa shape index (κ3) is 5.68. The third-order valence-electron chi connectivity index (χ3n) is 5.39. The Kier molecular flexibility index (Phi) is 7.11. The van der Waals surface area contributed by atoms with E-state index in [4.69, 9.17) is 9.72 Å². The number of hydrogen-bond donors (Lipinski definition) is 0. The summed E-state index contributed by atoms with van der Waals surface area (Å²) < 4.78 is 7.86. The molecule has 0 fully saturated rings. The molecule has 0 N–H and O–H groups in total. The predicted octanol–water partition coefficient (Wildman–Crippen LogP) is 5.64. The zero-order valence-electron chi connectivity index (χ0n) is 20.7. The fraction of sp³-hybridized carbons (Fsp3) is 0.417. The molecule has 0 bridgehead atoms. The first-order valence-electron chi connectivity index (χ1n) is 11.4. The lowest BCUT2D eigenvalue weighted by molar-refractivity contribution is 0.153. The molecular weight excluding hydrogens is 462 g/mol. The number of ether oxygens (including phenoxy) is 1. The quantitative estimate of drug-likeness (QED) is 0.169. The highest BCUT2D eigenvalue weighted by Gasteiger charge is 2.20. The van der Waals surface area contributed by atoms with E-state index in [0.29, 0.717) is 24.9 Å². The van der Waals surface area contributed by atoms with Gasteiger partial charge in [-0.1, -0.05) is 44.8 Å². The van der Waals surface area contributed by atoms with Gasteiger partial charge in [0.2, 0.25) is 5.13 Å². The van der Waals surface area contributed by atoms with Gasteiger partial charge in [-0.15, -0.1) is 10.2 Å². The van der Waals surface area contributed by atoms with E-state index < -0.39 is 8.07 Å². The molecule has 4 heterocycles. The first kappa shape index (κ1) is 24.4. The summed E-state index contributed by atoms with van der Waals surface area (Å²) in [7, 11) is 0.704. The zero-order valence-corrected chi connectivity index (χ0v) is 22.6. The van der Waals surface area contributed by atoms with E-state index >= 15 is 0 Å². The van der Waals surface area contributed by atoms with Crippen LogP contribution in [0.1, 0.15) is 30.5 Å². The third-order valence-corrected chi connectivity index (χ3v) is 8.34. The van der Waals surface area contributed by atoms with Gasteiger partial charge in [-0.3, -0.25) is 14.6 Å². The van der Waals surface area contributed by atoms with Crippen LogP contribution >= 0.6 is 11.3 Å². The summed E-state index contributed by atoms with van der Waals surface area (Å²) >= 11 is 1.58. The molecule has 8 nitrogen and oxygen atoms in total. The molecule has 4 aromatic rings. The highest BCUT2D eigenvalue weighted by Crippen LogP contribution is 2.32. The number of aryl methyl sites for hydroxylation is 1. The van der Waals surface area contributed by atoms with Gasteiger partial charge >= 0.3 is 0 Å². The van der Waals surface area contributed by atoms with Gasteiger partial charge in [-0.25, -0.2) is 4.98 Å². The van der Waals surface area contributed by atoms with Crippen molar-refractivity contribution in [1.29, 1.82) is 0 Å². The summed E-state index contributed by atoms with van der Waals surface area (Å²) in [5.74, 6) is 1.07. The number of aromatic nitrogens is 6. The fourth-order valence-corrected chi connectivity index (χ4v) is 4.99. The van der Waals surface area contributed by atoms with Crippen LogP contribution < -0.4 is 4.90 Å². The Morgan fingerprint density at radius 2 is 1.97 bits per heavy atom. The largest absolute Gasteiger partial charge is 0.361 e. The lowest BCUT2D eigenvalue weighted by Crippen LogP contribution is -2.26. The van der Waals surface area contributed by atoms with E-state index in [1.165, 1.54) is 0 Å². The van der Waals surface area contributed by atoms with E-state index in [1.807, 2.05) is 42.5 Å². The average Bonchev–Trinajstić information content (AvgIpc) is 3.38. The van der Waals surface area contributed by atoms with Gasteiger partial charge < -0.3 is 4.74 Å². The van der Waals surface area contributed by atoms with E-state index in [-0.39, 0.29) is 0 Å². The number of fused-ring (bicyclic) bond motifs is 1.